The van der Waals surface area contributed by atoms with E-state index in [1.165, 1.54) is 12.1 Å². The van der Waals surface area contributed by atoms with E-state index in [9.17, 15) is 22.2 Å². The fraction of sp³-hybridized carbons (Fsp3) is 0.579. The first kappa shape index (κ1) is 21.4. The van der Waals surface area contributed by atoms with E-state index in [0.29, 0.717) is 43.4 Å². The Balaban J connectivity index is 1.77. The Morgan fingerprint density at radius 1 is 1.17 bits per heavy atom. The predicted molar refractivity (Wildman–Crippen MR) is 104 cm³/mol. The Bertz CT molecular complexity index is 845. The SMILES string of the molecule is C[C@@H]1CN(C(=O)N2CCS(=O)CC2)[C@@H](C)CN1c1ccc(C#N)c(C(F)(F)F)c1. The number of piperazine rings is 1. The van der Waals surface area contributed by atoms with Gasteiger partial charge in [0.15, 0.2) is 0 Å². The van der Waals surface area contributed by atoms with Crippen LogP contribution in [0.4, 0.5) is 23.7 Å². The summed E-state index contributed by atoms with van der Waals surface area (Å²) in [6, 6.07) is 4.82. The summed E-state index contributed by atoms with van der Waals surface area (Å²) in [4.78, 5) is 18.2. The average Bonchev–Trinajstić information content (AvgIpc) is 2.68. The average molecular weight is 428 g/mol. The largest absolute Gasteiger partial charge is 0.417 e. The highest BCUT2D eigenvalue weighted by Gasteiger charge is 2.37. The van der Waals surface area contributed by atoms with Crippen LogP contribution in [-0.4, -0.2) is 69.8 Å². The molecule has 6 nitrogen and oxygen atoms in total. The summed E-state index contributed by atoms with van der Waals surface area (Å²) in [5, 5.41) is 8.98. The van der Waals surface area contributed by atoms with Gasteiger partial charge in [0.1, 0.15) is 0 Å². The van der Waals surface area contributed by atoms with Gasteiger partial charge in [-0.3, -0.25) is 4.21 Å². The number of hydrogen-bond donors (Lipinski definition) is 0. The number of carbonyl (C=O) groups excluding carboxylic acids is 1. The lowest BCUT2D eigenvalue weighted by Gasteiger charge is -2.47. The standard InChI is InChI=1S/C19H23F3N4O2S/c1-13-12-26(18(27)24-5-7-29(28)8-6-24)14(2)11-25(13)16-4-3-15(10-23)17(9-16)19(20,21)22/h3-4,9,13-14H,5-8,11-12H2,1-2H3/t13-,14+/m1/s1. The van der Waals surface area contributed by atoms with E-state index in [4.69, 9.17) is 5.26 Å². The molecule has 0 aliphatic carbocycles. The number of urea groups is 1. The van der Waals surface area contributed by atoms with E-state index >= 15 is 0 Å². The summed E-state index contributed by atoms with van der Waals surface area (Å²) in [6.45, 7) is 5.40. The second kappa shape index (κ2) is 8.22. The molecule has 0 N–H and O–H groups in total. The Labute approximate surface area is 170 Å². The zero-order chi connectivity index (χ0) is 21.3. The molecule has 0 spiro atoms. The molecule has 10 heteroatoms. The van der Waals surface area contributed by atoms with Crippen molar-refractivity contribution in [3.8, 4) is 6.07 Å². The molecule has 0 bridgehead atoms. The van der Waals surface area contributed by atoms with Gasteiger partial charge in [-0.1, -0.05) is 0 Å². The van der Waals surface area contributed by atoms with E-state index in [0.717, 1.165) is 6.07 Å². The van der Waals surface area contributed by atoms with Gasteiger partial charge in [0.25, 0.3) is 0 Å². The van der Waals surface area contributed by atoms with Crippen LogP contribution < -0.4 is 4.90 Å². The number of amides is 2. The first-order valence-corrected chi connectivity index (χ1v) is 10.9. The molecular weight excluding hydrogens is 405 g/mol. The third kappa shape index (κ3) is 4.50. The van der Waals surface area contributed by atoms with E-state index in [2.05, 4.69) is 0 Å². The van der Waals surface area contributed by atoms with Gasteiger partial charge in [-0.15, -0.1) is 0 Å². The Kier molecular flexibility index (Phi) is 6.08. The van der Waals surface area contributed by atoms with Gasteiger partial charge in [-0.2, -0.15) is 18.4 Å². The molecule has 0 aromatic heterocycles. The smallest absolute Gasteiger partial charge is 0.365 e. The van der Waals surface area contributed by atoms with Gasteiger partial charge in [0.2, 0.25) is 0 Å². The van der Waals surface area contributed by atoms with Crippen LogP contribution in [0.1, 0.15) is 25.0 Å². The maximum atomic E-state index is 13.3. The van der Waals surface area contributed by atoms with Crippen molar-refractivity contribution >= 4 is 22.5 Å². The van der Waals surface area contributed by atoms with Crippen LogP contribution >= 0.6 is 0 Å². The van der Waals surface area contributed by atoms with Gasteiger partial charge in [0.05, 0.1) is 17.2 Å². The summed E-state index contributed by atoms with van der Waals surface area (Å²) >= 11 is 0. The number of carbonyl (C=O) groups is 1. The van der Waals surface area contributed by atoms with Crippen molar-refractivity contribution < 1.29 is 22.2 Å². The van der Waals surface area contributed by atoms with Crippen LogP contribution in [0, 0.1) is 11.3 Å². The summed E-state index contributed by atoms with van der Waals surface area (Å²) in [5.74, 6) is 0.947. The van der Waals surface area contributed by atoms with E-state index < -0.39 is 28.1 Å². The highest BCUT2D eigenvalue weighted by molar-refractivity contribution is 7.85. The molecule has 1 aromatic rings. The number of anilines is 1. The highest BCUT2D eigenvalue weighted by atomic mass is 32.2. The minimum Gasteiger partial charge on any atom is -0.365 e. The molecule has 158 valence electrons. The molecule has 2 atom stereocenters. The van der Waals surface area contributed by atoms with Gasteiger partial charge >= 0.3 is 12.2 Å². The Morgan fingerprint density at radius 3 is 2.41 bits per heavy atom. The van der Waals surface area contributed by atoms with Gasteiger partial charge in [-0.05, 0) is 32.0 Å². The summed E-state index contributed by atoms with van der Waals surface area (Å²) in [7, 11) is -0.877. The van der Waals surface area contributed by atoms with Gasteiger partial charge < -0.3 is 14.7 Å². The van der Waals surface area contributed by atoms with Crippen molar-refractivity contribution in [3.05, 3.63) is 29.3 Å². The van der Waals surface area contributed by atoms with Crippen LogP contribution in [0.3, 0.4) is 0 Å². The molecule has 0 unspecified atom stereocenters. The fourth-order valence-corrected chi connectivity index (χ4v) is 4.86. The van der Waals surface area contributed by atoms with E-state index in [1.54, 1.807) is 15.9 Å². The third-order valence-electron chi connectivity index (χ3n) is 5.44. The Morgan fingerprint density at radius 2 is 1.83 bits per heavy atom. The molecule has 3 rings (SSSR count). The van der Waals surface area contributed by atoms with Crippen molar-refractivity contribution in [2.75, 3.05) is 42.6 Å². The number of nitrogens with zero attached hydrogens (tertiary/aromatic N) is 4. The molecule has 2 aliphatic rings. The highest BCUT2D eigenvalue weighted by Crippen LogP contribution is 2.35. The molecule has 1 aromatic carbocycles. The maximum Gasteiger partial charge on any atom is 0.417 e. The minimum atomic E-state index is -4.61. The van der Waals surface area contributed by atoms with Crippen LogP contribution in [0.5, 0.6) is 0 Å². The predicted octanol–water partition coefficient (Wildman–Crippen LogP) is 2.66. The minimum absolute atomic E-state index is 0.114. The molecular formula is C19H23F3N4O2S. The molecule has 0 radical (unpaired) electrons. The number of halogens is 3. The van der Waals surface area contributed by atoms with Crippen LogP contribution in [0.25, 0.3) is 0 Å². The monoisotopic (exact) mass is 428 g/mol. The molecule has 2 saturated heterocycles. The van der Waals surface area contributed by atoms with E-state index in [-0.39, 0.29) is 18.1 Å². The van der Waals surface area contributed by atoms with Crippen molar-refractivity contribution in [3.63, 3.8) is 0 Å². The number of rotatable bonds is 1. The first-order valence-electron chi connectivity index (χ1n) is 9.40. The molecule has 2 heterocycles. The van der Waals surface area contributed by atoms with Crippen molar-refractivity contribution in [1.82, 2.24) is 9.80 Å². The lowest BCUT2D eigenvalue weighted by atomic mass is 10.0. The van der Waals surface area contributed by atoms with E-state index in [1.807, 2.05) is 18.7 Å². The fourth-order valence-electron chi connectivity index (χ4n) is 3.81. The molecule has 0 saturated carbocycles. The van der Waals surface area contributed by atoms with Gasteiger partial charge in [0, 0.05) is 66.3 Å². The second-order valence-electron chi connectivity index (χ2n) is 7.46. The normalized spacial score (nSPS) is 23.8. The van der Waals surface area contributed by atoms with Crippen LogP contribution in [0.15, 0.2) is 18.2 Å². The Hall–Kier alpha value is -2.28. The molecule has 2 fully saturated rings. The van der Waals surface area contributed by atoms with Crippen molar-refractivity contribution in [1.29, 1.82) is 5.26 Å². The van der Waals surface area contributed by atoms with Crippen molar-refractivity contribution in [2.45, 2.75) is 32.1 Å². The number of hydrogen-bond acceptors (Lipinski definition) is 4. The van der Waals surface area contributed by atoms with Crippen molar-refractivity contribution in [2.24, 2.45) is 0 Å². The summed E-state index contributed by atoms with van der Waals surface area (Å²) in [5.41, 5.74) is -0.966. The molecule has 2 aliphatic heterocycles. The molecule has 2 amide bonds. The maximum absolute atomic E-state index is 13.3. The zero-order valence-electron chi connectivity index (χ0n) is 16.3. The lowest BCUT2D eigenvalue weighted by Crippen LogP contribution is -2.61. The van der Waals surface area contributed by atoms with Crippen LogP contribution in [0.2, 0.25) is 0 Å². The van der Waals surface area contributed by atoms with Crippen LogP contribution in [-0.2, 0) is 17.0 Å². The first-order chi connectivity index (χ1) is 13.6. The molecule has 29 heavy (non-hydrogen) atoms. The van der Waals surface area contributed by atoms with Gasteiger partial charge in [-0.25, -0.2) is 4.79 Å². The number of benzene rings is 1. The second-order valence-corrected chi connectivity index (χ2v) is 9.16. The quantitative estimate of drug-likeness (QED) is 0.690. The number of nitriles is 1. The third-order valence-corrected chi connectivity index (χ3v) is 6.72. The summed E-state index contributed by atoms with van der Waals surface area (Å²) in [6.07, 6.45) is -4.61. The topological polar surface area (TPSA) is 67.7 Å². The summed E-state index contributed by atoms with van der Waals surface area (Å²) < 4.78 is 51.4. The lowest BCUT2D eigenvalue weighted by molar-refractivity contribution is -0.137. The number of alkyl halides is 3. The zero-order valence-corrected chi connectivity index (χ0v) is 17.1.